The summed E-state index contributed by atoms with van der Waals surface area (Å²) in [6.07, 6.45) is 1.39. The molecule has 8 heteroatoms. The smallest absolute Gasteiger partial charge is 0.317 e. The van der Waals surface area contributed by atoms with Gasteiger partial charge in [0.1, 0.15) is 10.1 Å². The maximum atomic E-state index is 12.1. The van der Waals surface area contributed by atoms with Gasteiger partial charge in [-0.25, -0.2) is 0 Å². The molecule has 1 aliphatic heterocycles. The zero-order valence-electron chi connectivity index (χ0n) is 15.0. The van der Waals surface area contributed by atoms with Gasteiger partial charge in [-0.15, -0.1) is 0 Å². The molecule has 1 aromatic rings. The normalized spacial score (nSPS) is 14.6. The Morgan fingerprint density at radius 1 is 1.27 bits per heavy atom. The van der Waals surface area contributed by atoms with Gasteiger partial charge in [0, 0.05) is 18.8 Å². The molecule has 1 fully saturated rings. The lowest BCUT2D eigenvalue weighted by molar-refractivity contribution is -0.150. The van der Waals surface area contributed by atoms with E-state index in [4.69, 9.17) is 21.7 Å². The number of likely N-dealkylation sites (tertiary alicyclic amines) is 1. The molecule has 1 aliphatic rings. The van der Waals surface area contributed by atoms with Crippen molar-refractivity contribution in [1.29, 1.82) is 0 Å². The Hall–Kier alpha value is -1.80. The Bertz CT molecular complexity index is 631. The van der Waals surface area contributed by atoms with Crippen molar-refractivity contribution in [2.24, 2.45) is 0 Å². The quantitative estimate of drug-likeness (QED) is 0.561. The van der Waals surface area contributed by atoms with E-state index in [2.05, 4.69) is 10.2 Å². The van der Waals surface area contributed by atoms with E-state index in [1.165, 1.54) is 11.8 Å². The van der Waals surface area contributed by atoms with Crippen LogP contribution in [0.2, 0.25) is 0 Å². The van der Waals surface area contributed by atoms with Crippen LogP contribution >= 0.6 is 24.0 Å². The summed E-state index contributed by atoms with van der Waals surface area (Å²) in [5.41, 5.74) is 0.617. The van der Waals surface area contributed by atoms with Crippen LogP contribution in [0.3, 0.4) is 0 Å². The van der Waals surface area contributed by atoms with Crippen molar-refractivity contribution in [2.75, 3.05) is 30.8 Å². The zero-order valence-corrected chi connectivity index (χ0v) is 16.7. The first-order chi connectivity index (χ1) is 12.5. The van der Waals surface area contributed by atoms with E-state index < -0.39 is 12.1 Å². The third-order valence-electron chi connectivity index (χ3n) is 3.79. The van der Waals surface area contributed by atoms with Gasteiger partial charge < -0.3 is 19.7 Å². The van der Waals surface area contributed by atoms with Crippen molar-refractivity contribution in [3.05, 3.63) is 24.3 Å². The average Bonchev–Trinajstić information content (AvgIpc) is 3.16. The third kappa shape index (κ3) is 6.49. The van der Waals surface area contributed by atoms with Gasteiger partial charge in [-0.05, 0) is 51.0 Å². The predicted octanol–water partition coefficient (Wildman–Crippen LogP) is 3.07. The molecule has 1 saturated heterocycles. The van der Waals surface area contributed by atoms with Crippen LogP contribution in [0, 0.1) is 0 Å². The minimum Gasteiger partial charge on any atom is -0.494 e. The van der Waals surface area contributed by atoms with E-state index in [9.17, 15) is 9.59 Å². The summed E-state index contributed by atoms with van der Waals surface area (Å²) < 4.78 is 11.2. The summed E-state index contributed by atoms with van der Waals surface area (Å²) in [6, 6.07) is 7.01. The summed E-state index contributed by atoms with van der Waals surface area (Å²) in [6.45, 7) is 5.93. The van der Waals surface area contributed by atoms with Crippen molar-refractivity contribution < 1.29 is 19.1 Å². The van der Waals surface area contributed by atoms with Gasteiger partial charge in [0.05, 0.1) is 12.4 Å². The molecular formula is C18H24N2O4S2. The van der Waals surface area contributed by atoms with Crippen molar-refractivity contribution >= 4 is 45.9 Å². The van der Waals surface area contributed by atoms with Crippen LogP contribution in [-0.4, -0.2) is 52.7 Å². The topological polar surface area (TPSA) is 67.9 Å². The molecule has 0 spiro atoms. The maximum absolute atomic E-state index is 12.1. The highest BCUT2D eigenvalue weighted by molar-refractivity contribution is 8.23. The van der Waals surface area contributed by atoms with E-state index in [1.807, 2.05) is 6.92 Å². The van der Waals surface area contributed by atoms with Gasteiger partial charge in [-0.2, -0.15) is 0 Å². The van der Waals surface area contributed by atoms with Crippen LogP contribution in [0.4, 0.5) is 5.69 Å². The fourth-order valence-corrected chi connectivity index (χ4v) is 3.48. The number of benzene rings is 1. The number of nitrogens with one attached hydrogen (secondary N) is 1. The minimum absolute atomic E-state index is 0.107. The van der Waals surface area contributed by atoms with Gasteiger partial charge >= 0.3 is 5.97 Å². The van der Waals surface area contributed by atoms with Crippen molar-refractivity contribution in [3.8, 4) is 5.75 Å². The number of thiocarbonyl (C=S) groups is 1. The minimum atomic E-state index is -0.880. The SMILES string of the molecule is CCOc1ccc(NC(=O)[C@H](C)OC(=O)CSC(=S)N2CCCC2)cc1. The number of hydrogen-bond donors (Lipinski definition) is 1. The summed E-state index contributed by atoms with van der Waals surface area (Å²) in [7, 11) is 0. The molecule has 1 aromatic carbocycles. The van der Waals surface area contributed by atoms with Gasteiger partial charge in [0.25, 0.3) is 5.91 Å². The average molecular weight is 397 g/mol. The van der Waals surface area contributed by atoms with E-state index >= 15 is 0 Å². The number of carbonyl (C=O) groups excluding carboxylic acids is 2. The second kappa shape index (κ2) is 10.4. The number of ether oxygens (including phenoxy) is 2. The van der Waals surface area contributed by atoms with Crippen LogP contribution in [0.1, 0.15) is 26.7 Å². The Kier molecular flexibility index (Phi) is 8.18. The lowest BCUT2D eigenvalue weighted by atomic mass is 10.3. The first-order valence-corrected chi connectivity index (χ1v) is 10.0. The van der Waals surface area contributed by atoms with Gasteiger partial charge in [0.15, 0.2) is 6.10 Å². The van der Waals surface area contributed by atoms with Crippen molar-refractivity contribution in [1.82, 2.24) is 4.90 Å². The van der Waals surface area contributed by atoms with Crippen molar-refractivity contribution in [3.63, 3.8) is 0 Å². The Balaban J connectivity index is 1.73. The fraction of sp³-hybridized carbons (Fsp3) is 0.500. The lowest BCUT2D eigenvalue weighted by Crippen LogP contribution is -2.31. The summed E-state index contributed by atoms with van der Waals surface area (Å²) >= 11 is 6.59. The first kappa shape index (κ1) is 20.5. The number of esters is 1. The number of nitrogens with zero attached hydrogens (tertiary/aromatic N) is 1. The van der Waals surface area contributed by atoms with Crippen LogP contribution in [0.5, 0.6) is 5.75 Å². The molecule has 0 aromatic heterocycles. The van der Waals surface area contributed by atoms with Crippen molar-refractivity contribution in [2.45, 2.75) is 32.8 Å². The number of rotatable bonds is 7. The molecule has 0 radical (unpaired) electrons. The van der Waals surface area contributed by atoms with E-state index in [0.717, 1.165) is 31.7 Å². The molecular weight excluding hydrogens is 372 g/mol. The summed E-state index contributed by atoms with van der Waals surface area (Å²) in [4.78, 5) is 26.2. The van der Waals surface area contributed by atoms with Gasteiger partial charge in [-0.3, -0.25) is 9.59 Å². The molecule has 6 nitrogen and oxygen atoms in total. The Morgan fingerprint density at radius 2 is 1.92 bits per heavy atom. The lowest BCUT2D eigenvalue weighted by Gasteiger charge is -2.18. The highest BCUT2D eigenvalue weighted by atomic mass is 32.2. The molecule has 26 heavy (non-hydrogen) atoms. The number of amides is 1. The summed E-state index contributed by atoms with van der Waals surface area (Å²) in [5.74, 6) is 0.00668. The van der Waals surface area contributed by atoms with Gasteiger partial charge in [-0.1, -0.05) is 24.0 Å². The third-order valence-corrected chi connectivity index (χ3v) is 5.29. The number of thioether (sulfide) groups is 1. The predicted molar refractivity (Wildman–Crippen MR) is 108 cm³/mol. The molecule has 142 valence electrons. The molecule has 0 aliphatic carbocycles. The largest absolute Gasteiger partial charge is 0.494 e. The second-order valence-corrected chi connectivity index (χ2v) is 7.44. The van der Waals surface area contributed by atoms with Gasteiger partial charge in [0.2, 0.25) is 0 Å². The maximum Gasteiger partial charge on any atom is 0.317 e. The van der Waals surface area contributed by atoms with Crippen LogP contribution in [0.25, 0.3) is 0 Å². The molecule has 1 heterocycles. The molecule has 1 N–H and O–H groups in total. The molecule has 0 bridgehead atoms. The first-order valence-electron chi connectivity index (χ1n) is 8.64. The monoisotopic (exact) mass is 396 g/mol. The standard InChI is InChI=1S/C18H24N2O4S2/c1-3-23-15-8-6-14(7-9-15)19-17(22)13(2)24-16(21)12-26-18(25)20-10-4-5-11-20/h6-9,13H,3-5,10-12H2,1-2H3,(H,19,22)/t13-/m0/s1. The van der Waals surface area contributed by atoms with E-state index in [0.29, 0.717) is 16.6 Å². The zero-order chi connectivity index (χ0) is 18.9. The highest BCUT2D eigenvalue weighted by Crippen LogP contribution is 2.17. The Morgan fingerprint density at radius 3 is 2.54 bits per heavy atom. The van der Waals surface area contributed by atoms with Crippen LogP contribution < -0.4 is 10.1 Å². The van der Waals surface area contributed by atoms with E-state index in [1.54, 1.807) is 31.2 Å². The van der Waals surface area contributed by atoms with Crippen LogP contribution in [-0.2, 0) is 14.3 Å². The molecule has 0 unspecified atom stereocenters. The molecule has 0 saturated carbocycles. The molecule has 1 atom stereocenters. The molecule has 1 amide bonds. The second-order valence-electron chi connectivity index (χ2n) is 5.83. The van der Waals surface area contributed by atoms with E-state index in [-0.39, 0.29) is 11.7 Å². The Labute approximate surface area is 163 Å². The number of hydrogen-bond acceptors (Lipinski definition) is 6. The highest BCUT2D eigenvalue weighted by Gasteiger charge is 2.20. The molecule has 2 rings (SSSR count). The number of carbonyl (C=O) groups is 2. The number of anilines is 1. The summed E-state index contributed by atoms with van der Waals surface area (Å²) in [5, 5.41) is 2.71. The van der Waals surface area contributed by atoms with Crippen LogP contribution in [0.15, 0.2) is 24.3 Å². The fourth-order valence-electron chi connectivity index (χ4n) is 2.44.